The number of benzene rings is 1. The van der Waals surface area contributed by atoms with Gasteiger partial charge in [0.25, 0.3) is 5.69 Å². The first-order chi connectivity index (χ1) is 14.3. The van der Waals surface area contributed by atoms with E-state index in [1.54, 1.807) is 0 Å². The first kappa shape index (κ1) is 23.4. The van der Waals surface area contributed by atoms with E-state index in [9.17, 15) is 41.3 Å². The van der Waals surface area contributed by atoms with Gasteiger partial charge in [-0.15, -0.1) is 0 Å². The number of halogens is 6. The van der Waals surface area contributed by atoms with Crippen LogP contribution in [0.4, 0.5) is 48.5 Å². The molecule has 2 aromatic rings. The van der Waals surface area contributed by atoms with Crippen molar-refractivity contribution in [3.05, 3.63) is 40.4 Å². The summed E-state index contributed by atoms with van der Waals surface area (Å²) in [6.07, 6.45) is -9.53. The van der Waals surface area contributed by atoms with Crippen LogP contribution >= 0.6 is 0 Å². The molecule has 0 saturated heterocycles. The number of rotatable bonds is 7. The van der Waals surface area contributed by atoms with Crippen molar-refractivity contribution in [2.75, 3.05) is 23.8 Å². The third-order valence-corrected chi connectivity index (χ3v) is 3.01. The second-order valence-electron chi connectivity index (χ2n) is 5.56. The van der Waals surface area contributed by atoms with E-state index in [0.717, 1.165) is 12.1 Å². The fraction of sp³-hybridized carbons (Fsp3) is 0.267. The molecule has 2 amide bonds. The van der Waals surface area contributed by atoms with Gasteiger partial charge >= 0.3 is 18.4 Å². The van der Waals surface area contributed by atoms with Crippen LogP contribution in [0.3, 0.4) is 0 Å². The van der Waals surface area contributed by atoms with Crippen LogP contribution in [-0.4, -0.2) is 46.5 Å². The van der Waals surface area contributed by atoms with Crippen molar-refractivity contribution in [3.8, 4) is 11.8 Å². The monoisotopic (exact) mass is 455 g/mol. The van der Waals surface area contributed by atoms with Gasteiger partial charge in [-0.1, -0.05) is 0 Å². The zero-order valence-electron chi connectivity index (χ0n) is 15.0. The number of nitro benzene ring substituents is 1. The lowest BCUT2D eigenvalue weighted by Gasteiger charge is -2.13. The number of nitro groups is 1. The van der Waals surface area contributed by atoms with Crippen molar-refractivity contribution in [2.45, 2.75) is 12.4 Å². The van der Waals surface area contributed by atoms with Gasteiger partial charge in [-0.25, -0.2) is 4.79 Å². The molecule has 0 saturated carbocycles. The third kappa shape index (κ3) is 8.58. The van der Waals surface area contributed by atoms with Crippen LogP contribution in [-0.2, 0) is 0 Å². The Hall–Kier alpha value is -3.85. The summed E-state index contributed by atoms with van der Waals surface area (Å²) in [5.74, 6) is -2.35. The molecule has 1 aromatic carbocycles. The Balaban J connectivity index is 2.14. The van der Waals surface area contributed by atoms with Crippen molar-refractivity contribution in [1.29, 1.82) is 0 Å². The Morgan fingerprint density at radius 3 is 1.84 bits per heavy atom. The quantitative estimate of drug-likeness (QED) is 0.368. The number of aromatic nitrogens is 2. The molecule has 10 nitrogen and oxygen atoms in total. The number of nitrogens with one attached hydrogen (secondary N) is 2. The van der Waals surface area contributed by atoms with E-state index in [2.05, 4.69) is 24.8 Å². The van der Waals surface area contributed by atoms with Gasteiger partial charge in [-0.3, -0.25) is 15.4 Å². The Labute approximate surface area is 168 Å². The minimum absolute atomic E-state index is 0.0844. The van der Waals surface area contributed by atoms with Crippen molar-refractivity contribution in [2.24, 2.45) is 0 Å². The molecule has 0 aliphatic carbocycles. The summed E-state index contributed by atoms with van der Waals surface area (Å²) in [5.41, 5.74) is -0.170. The molecule has 0 unspecified atom stereocenters. The maximum absolute atomic E-state index is 12.3. The van der Waals surface area contributed by atoms with E-state index < -0.39 is 54.2 Å². The summed E-state index contributed by atoms with van der Waals surface area (Å²) >= 11 is 0. The van der Waals surface area contributed by atoms with Crippen LogP contribution in [0.2, 0.25) is 0 Å². The number of urea groups is 1. The summed E-state index contributed by atoms with van der Waals surface area (Å²) in [7, 11) is 0. The molecule has 168 valence electrons. The molecular weight excluding hydrogens is 444 g/mol. The standard InChI is InChI=1S/C15H11F6N5O5/c16-14(17,18)6-30-10-5-11(31-7-15(19,20)21)24-12(23-10)25-13(27)22-8-1-3-9(4-2-8)26(28)29/h1-5H,6-7H2,(H2,22,23,24,25,27). The highest BCUT2D eigenvalue weighted by atomic mass is 19.4. The minimum Gasteiger partial charge on any atom is -0.468 e. The maximum atomic E-state index is 12.3. The van der Waals surface area contributed by atoms with Crippen LogP contribution in [0.25, 0.3) is 0 Å². The van der Waals surface area contributed by atoms with Crippen molar-refractivity contribution >= 4 is 23.4 Å². The fourth-order valence-corrected chi connectivity index (χ4v) is 1.85. The molecular formula is C15H11F6N5O5. The number of carbonyl (C=O) groups excluding carboxylic acids is 1. The topological polar surface area (TPSA) is 129 Å². The normalized spacial score (nSPS) is 11.5. The zero-order chi connectivity index (χ0) is 23.2. The number of carbonyl (C=O) groups is 1. The summed E-state index contributed by atoms with van der Waals surface area (Å²) in [6.45, 7) is -3.62. The van der Waals surface area contributed by atoms with Crippen molar-refractivity contribution in [3.63, 3.8) is 0 Å². The van der Waals surface area contributed by atoms with E-state index in [1.165, 1.54) is 12.1 Å². The second kappa shape index (κ2) is 9.31. The molecule has 16 heteroatoms. The molecule has 0 aliphatic heterocycles. The van der Waals surface area contributed by atoms with Gasteiger partial charge in [-0.2, -0.15) is 36.3 Å². The number of anilines is 2. The molecule has 0 fully saturated rings. The molecule has 0 bridgehead atoms. The molecule has 1 aromatic heterocycles. The van der Waals surface area contributed by atoms with Gasteiger partial charge < -0.3 is 14.8 Å². The Bertz CT molecular complexity index is 899. The van der Waals surface area contributed by atoms with Crippen LogP contribution in [0.5, 0.6) is 11.8 Å². The van der Waals surface area contributed by atoms with Crippen LogP contribution in [0.15, 0.2) is 30.3 Å². The molecule has 0 atom stereocenters. The SMILES string of the molecule is O=C(Nc1ccc([N+](=O)[O-])cc1)Nc1nc(OCC(F)(F)F)cc(OCC(F)(F)F)n1. The average molecular weight is 455 g/mol. The second-order valence-corrected chi connectivity index (χ2v) is 5.56. The van der Waals surface area contributed by atoms with Gasteiger partial charge in [0.05, 0.1) is 11.0 Å². The first-order valence-electron chi connectivity index (χ1n) is 7.91. The number of hydrogen-bond acceptors (Lipinski definition) is 7. The molecule has 0 aliphatic rings. The average Bonchev–Trinajstić information content (AvgIpc) is 2.64. The molecule has 0 spiro atoms. The van der Waals surface area contributed by atoms with Gasteiger partial charge in [0.15, 0.2) is 13.2 Å². The number of ether oxygens (including phenoxy) is 2. The van der Waals surface area contributed by atoms with E-state index in [4.69, 9.17) is 0 Å². The third-order valence-electron chi connectivity index (χ3n) is 3.01. The number of nitrogens with zero attached hydrogens (tertiary/aromatic N) is 3. The maximum Gasteiger partial charge on any atom is 0.422 e. The number of non-ortho nitro benzene ring substituents is 1. The molecule has 0 radical (unpaired) electrons. The predicted octanol–water partition coefficient (Wildman–Crippen LogP) is 3.91. The van der Waals surface area contributed by atoms with E-state index in [1.807, 2.05) is 5.32 Å². The van der Waals surface area contributed by atoms with Gasteiger partial charge in [0, 0.05) is 17.8 Å². The summed E-state index contributed by atoms with van der Waals surface area (Å²) in [6, 6.07) is 4.06. The molecule has 2 rings (SSSR count). The molecule has 1 heterocycles. The Morgan fingerprint density at radius 1 is 0.935 bits per heavy atom. The highest BCUT2D eigenvalue weighted by molar-refractivity contribution is 5.98. The summed E-state index contributed by atoms with van der Waals surface area (Å²) < 4.78 is 82.5. The van der Waals surface area contributed by atoms with E-state index in [0.29, 0.717) is 6.07 Å². The van der Waals surface area contributed by atoms with Gasteiger partial charge in [-0.05, 0) is 12.1 Å². The molecule has 31 heavy (non-hydrogen) atoms. The van der Waals surface area contributed by atoms with Crippen LogP contribution in [0, 0.1) is 10.1 Å². The smallest absolute Gasteiger partial charge is 0.422 e. The predicted molar refractivity (Wildman–Crippen MR) is 90.9 cm³/mol. The Morgan fingerprint density at radius 2 is 1.42 bits per heavy atom. The summed E-state index contributed by atoms with van der Waals surface area (Å²) in [4.78, 5) is 28.8. The fourth-order valence-electron chi connectivity index (χ4n) is 1.85. The highest BCUT2D eigenvalue weighted by Gasteiger charge is 2.30. The largest absolute Gasteiger partial charge is 0.468 e. The highest BCUT2D eigenvalue weighted by Crippen LogP contribution is 2.24. The number of amides is 2. The number of hydrogen-bond donors (Lipinski definition) is 2. The van der Waals surface area contributed by atoms with E-state index >= 15 is 0 Å². The lowest BCUT2D eigenvalue weighted by Crippen LogP contribution is -2.23. The van der Waals surface area contributed by atoms with E-state index in [-0.39, 0.29) is 11.4 Å². The van der Waals surface area contributed by atoms with Gasteiger partial charge in [0.1, 0.15) is 0 Å². The Kier molecular flexibility index (Phi) is 7.04. The van der Waals surface area contributed by atoms with Gasteiger partial charge in [0.2, 0.25) is 17.7 Å². The zero-order valence-corrected chi connectivity index (χ0v) is 15.0. The summed E-state index contributed by atoms with van der Waals surface area (Å²) in [5, 5.41) is 14.8. The van der Waals surface area contributed by atoms with Crippen LogP contribution in [0.1, 0.15) is 0 Å². The van der Waals surface area contributed by atoms with Crippen molar-refractivity contribution in [1.82, 2.24) is 9.97 Å². The molecule has 2 N–H and O–H groups in total. The first-order valence-corrected chi connectivity index (χ1v) is 7.91. The lowest BCUT2D eigenvalue weighted by atomic mass is 10.3. The minimum atomic E-state index is -4.77. The number of alkyl halides is 6. The van der Waals surface area contributed by atoms with Crippen LogP contribution < -0.4 is 20.1 Å². The van der Waals surface area contributed by atoms with Crippen molar-refractivity contribution < 1.29 is 45.5 Å². The lowest BCUT2D eigenvalue weighted by molar-refractivity contribution is -0.384.